The number of aromatic nitrogens is 2. The van der Waals surface area contributed by atoms with Gasteiger partial charge in [-0.3, -0.25) is 0 Å². The van der Waals surface area contributed by atoms with Gasteiger partial charge in [0.25, 0.3) is 0 Å². The summed E-state index contributed by atoms with van der Waals surface area (Å²) in [5.74, 6) is 1.60. The molecule has 0 amide bonds. The van der Waals surface area contributed by atoms with Gasteiger partial charge < -0.3 is 5.32 Å². The number of anilines is 2. The van der Waals surface area contributed by atoms with Crippen molar-refractivity contribution >= 4 is 33.7 Å². The zero-order valence-corrected chi connectivity index (χ0v) is 14.2. The Morgan fingerprint density at radius 3 is 2.50 bits per heavy atom. The molecule has 0 atom stereocenters. The van der Waals surface area contributed by atoms with E-state index in [-0.39, 0.29) is 0 Å². The molecule has 0 fully saturated rings. The van der Waals surface area contributed by atoms with Crippen LogP contribution in [-0.2, 0) is 6.42 Å². The number of rotatable bonds is 4. The monoisotopic (exact) mass is 331 g/mol. The van der Waals surface area contributed by atoms with Crippen molar-refractivity contribution in [3.63, 3.8) is 0 Å². The van der Waals surface area contributed by atoms with Crippen LogP contribution in [0.4, 0.5) is 11.5 Å². The van der Waals surface area contributed by atoms with E-state index < -0.39 is 0 Å². The van der Waals surface area contributed by atoms with E-state index in [0.717, 1.165) is 39.5 Å². The van der Waals surface area contributed by atoms with E-state index in [9.17, 15) is 0 Å². The van der Waals surface area contributed by atoms with Gasteiger partial charge in [-0.1, -0.05) is 37.3 Å². The fourth-order valence-electron chi connectivity index (χ4n) is 2.65. The maximum absolute atomic E-state index is 4.77. The van der Waals surface area contributed by atoms with Crippen LogP contribution in [-0.4, -0.2) is 9.97 Å². The fourth-order valence-corrected chi connectivity index (χ4v) is 3.31. The van der Waals surface area contributed by atoms with Crippen molar-refractivity contribution in [2.45, 2.75) is 13.3 Å². The Labute approximate surface area is 145 Å². The average Bonchev–Trinajstić information content (AvgIpc) is 3.17. The van der Waals surface area contributed by atoms with Gasteiger partial charge in [0.1, 0.15) is 5.82 Å². The fraction of sp³-hybridized carbons (Fsp3) is 0.100. The van der Waals surface area contributed by atoms with Crippen LogP contribution in [0.3, 0.4) is 0 Å². The summed E-state index contributed by atoms with van der Waals surface area (Å²) in [7, 11) is 0. The van der Waals surface area contributed by atoms with Gasteiger partial charge in [-0.25, -0.2) is 9.97 Å². The molecule has 4 rings (SSSR count). The van der Waals surface area contributed by atoms with Gasteiger partial charge in [0.15, 0.2) is 5.82 Å². The van der Waals surface area contributed by atoms with Crippen molar-refractivity contribution in [2.75, 3.05) is 5.32 Å². The quantitative estimate of drug-likeness (QED) is 0.524. The number of nitrogens with zero attached hydrogens (tertiary/aromatic N) is 2. The van der Waals surface area contributed by atoms with Crippen LogP contribution < -0.4 is 5.32 Å². The molecule has 24 heavy (non-hydrogen) atoms. The first kappa shape index (κ1) is 14.8. The summed E-state index contributed by atoms with van der Waals surface area (Å²) >= 11 is 1.65. The van der Waals surface area contributed by atoms with Gasteiger partial charge in [-0.2, -0.15) is 0 Å². The van der Waals surface area contributed by atoms with Crippen LogP contribution in [0.2, 0.25) is 0 Å². The number of hydrogen-bond acceptors (Lipinski definition) is 4. The summed E-state index contributed by atoms with van der Waals surface area (Å²) in [4.78, 5) is 10.6. The van der Waals surface area contributed by atoms with E-state index >= 15 is 0 Å². The van der Waals surface area contributed by atoms with Crippen LogP contribution >= 0.6 is 11.3 Å². The Hall–Kier alpha value is -2.72. The molecule has 4 heteroatoms. The standard InChI is InChI=1S/C20H17N3S/c1-2-14-9-11-15(12-10-14)21-19-16-6-3-4-7-17(16)22-20(23-19)18-8-5-13-24-18/h3-13H,2H2,1H3,(H,21,22,23). The van der Waals surface area contributed by atoms with Gasteiger partial charge in [-0.15, -0.1) is 11.3 Å². The van der Waals surface area contributed by atoms with E-state index in [4.69, 9.17) is 9.97 Å². The third-order valence-corrected chi connectivity index (χ3v) is 4.84. The first-order valence-corrected chi connectivity index (χ1v) is 8.88. The molecule has 0 bridgehead atoms. The molecule has 0 radical (unpaired) electrons. The van der Waals surface area contributed by atoms with E-state index in [1.165, 1.54) is 5.56 Å². The van der Waals surface area contributed by atoms with Crippen molar-refractivity contribution < 1.29 is 0 Å². The maximum Gasteiger partial charge on any atom is 0.172 e. The Morgan fingerprint density at radius 1 is 0.917 bits per heavy atom. The molecule has 4 aromatic rings. The second-order valence-corrected chi connectivity index (χ2v) is 6.51. The van der Waals surface area contributed by atoms with Gasteiger partial charge in [0.05, 0.1) is 10.4 Å². The minimum absolute atomic E-state index is 0.761. The van der Waals surface area contributed by atoms with Gasteiger partial charge >= 0.3 is 0 Å². The second-order valence-electron chi connectivity index (χ2n) is 5.57. The molecule has 0 aliphatic heterocycles. The molecule has 0 unspecified atom stereocenters. The molecule has 0 aliphatic rings. The maximum atomic E-state index is 4.77. The van der Waals surface area contributed by atoms with Crippen molar-refractivity contribution in [3.05, 3.63) is 71.6 Å². The number of benzene rings is 2. The third-order valence-electron chi connectivity index (χ3n) is 3.97. The van der Waals surface area contributed by atoms with Gasteiger partial charge in [0, 0.05) is 11.1 Å². The lowest BCUT2D eigenvalue weighted by Crippen LogP contribution is -1.98. The van der Waals surface area contributed by atoms with Crippen LogP contribution in [0.15, 0.2) is 66.0 Å². The molecular formula is C20H17N3S. The lowest BCUT2D eigenvalue weighted by atomic mass is 10.1. The highest BCUT2D eigenvalue weighted by Crippen LogP contribution is 2.29. The predicted octanol–water partition coefficient (Wildman–Crippen LogP) is 5.66. The van der Waals surface area contributed by atoms with Crippen molar-refractivity contribution in [2.24, 2.45) is 0 Å². The topological polar surface area (TPSA) is 37.8 Å². The zero-order valence-electron chi connectivity index (χ0n) is 13.4. The van der Waals surface area contributed by atoms with E-state index in [2.05, 4.69) is 48.6 Å². The van der Waals surface area contributed by atoms with Crippen molar-refractivity contribution in [1.29, 1.82) is 0 Å². The van der Waals surface area contributed by atoms with Crippen LogP contribution in [0.25, 0.3) is 21.6 Å². The van der Waals surface area contributed by atoms with Crippen LogP contribution in [0, 0.1) is 0 Å². The Bertz CT molecular complexity index is 960. The summed E-state index contributed by atoms with van der Waals surface area (Å²) in [6.07, 6.45) is 1.04. The number of nitrogens with one attached hydrogen (secondary N) is 1. The minimum atomic E-state index is 0.761. The molecule has 118 valence electrons. The summed E-state index contributed by atoms with van der Waals surface area (Å²) in [5.41, 5.74) is 3.31. The lowest BCUT2D eigenvalue weighted by molar-refractivity contribution is 1.14. The van der Waals surface area contributed by atoms with Gasteiger partial charge in [-0.05, 0) is 47.7 Å². The molecule has 0 aliphatic carbocycles. The molecule has 3 nitrogen and oxygen atoms in total. The summed E-state index contributed by atoms with van der Waals surface area (Å²) in [6.45, 7) is 2.16. The molecule has 2 aromatic heterocycles. The number of aryl methyl sites for hydroxylation is 1. The normalized spacial score (nSPS) is 10.9. The third kappa shape index (κ3) is 2.88. The molecule has 0 spiro atoms. The smallest absolute Gasteiger partial charge is 0.172 e. The number of thiophene rings is 1. The van der Waals surface area contributed by atoms with Crippen LogP contribution in [0.5, 0.6) is 0 Å². The molecule has 2 aromatic carbocycles. The SMILES string of the molecule is CCc1ccc(Nc2nc(-c3cccs3)nc3ccccc23)cc1. The lowest BCUT2D eigenvalue weighted by Gasteiger charge is -2.11. The second kappa shape index (κ2) is 6.42. The Balaban J connectivity index is 1.80. The first-order chi connectivity index (χ1) is 11.8. The van der Waals surface area contributed by atoms with Crippen molar-refractivity contribution in [1.82, 2.24) is 9.97 Å². The van der Waals surface area contributed by atoms with Crippen molar-refractivity contribution in [3.8, 4) is 10.7 Å². The summed E-state index contributed by atoms with van der Waals surface area (Å²) < 4.78 is 0. The number of hydrogen-bond donors (Lipinski definition) is 1. The highest BCUT2D eigenvalue weighted by Gasteiger charge is 2.10. The number of fused-ring (bicyclic) bond motifs is 1. The largest absolute Gasteiger partial charge is 0.340 e. The van der Waals surface area contributed by atoms with Gasteiger partial charge in [0.2, 0.25) is 0 Å². The zero-order chi connectivity index (χ0) is 16.4. The van der Waals surface area contributed by atoms with Crippen LogP contribution in [0.1, 0.15) is 12.5 Å². The summed E-state index contributed by atoms with van der Waals surface area (Å²) in [5, 5.41) is 6.53. The van der Waals surface area contributed by atoms with E-state index in [1.54, 1.807) is 11.3 Å². The summed E-state index contributed by atoms with van der Waals surface area (Å²) in [6, 6.07) is 20.7. The molecular weight excluding hydrogens is 314 g/mol. The average molecular weight is 331 g/mol. The van der Waals surface area contributed by atoms with E-state index in [1.807, 2.05) is 29.6 Å². The van der Waals surface area contributed by atoms with E-state index in [0.29, 0.717) is 0 Å². The molecule has 2 heterocycles. The minimum Gasteiger partial charge on any atom is -0.340 e. The Kier molecular flexibility index (Phi) is 3.97. The highest BCUT2D eigenvalue weighted by molar-refractivity contribution is 7.13. The molecule has 0 saturated carbocycles. The molecule has 0 saturated heterocycles. The first-order valence-electron chi connectivity index (χ1n) is 8.00. The Morgan fingerprint density at radius 2 is 1.75 bits per heavy atom. The predicted molar refractivity (Wildman–Crippen MR) is 102 cm³/mol. The molecule has 1 N–H and O–H groups in total. The number of para-hydroxylation sites is 1. The highest BCUT2D eigenvalue weighted by atomic mass is 32.1.